The molecule has 0 aliphatic carbocycles. The van der Waals surface area contributed by atoms with Crippen LogP contribution in [0.2, 0.25) is 0 Å². The molecule has 0 aliphatic heterocycles. The van der Waals surface area contributed by atoms with E-state index in [-0.39, 0.29) is 6.54 Å². The molecule has 0 fully saturated rings. The van der Waals surface area contributed by atoms with E-state index in [0.29, 0.717) is 17.1 Å². The van der Waals surface area contributed by atoms with E-state index in [4.69, 9.17) is 5.26 Å². The highest BCUT2D eigenvalue weighted by Crippen LogP contribution is 2.12. The molecule has 0 saturated heterocycles. The Morgan fingerprint density at radius 2 is 2.06 bits per heavy atom. The summed E-state index contributed by atoms with van der Waals surface area (Å²) in [6, 6.07) is 6.23. The van der Waals surface area contributed by atoms with Gasteiger partial charge in [-0.3, -0.25) is 0 Å². The van der Waals surface area contributed by atoms with Gasteiger partial charge < -0.3 is 5.32 Å². The Bertz CT molecular complexity index is 592. The van der Waals surface area contributed by atoms with Gasteiger partial charge in [0, 0.05) is 24.5 Å². The van der Waals surface area contributed by atoms with Crippen LogP contribution in [0.1, 0.15) is 11.1 Å². The lowest BCUT2D eigenvalue weighted by Crippen LogP contribution is -2.05. The number of aromatic nitrogens is 2. The summed E-state index contributed by atoms with van der Waals surface area (Å²) in [6.45, 7) is 0.263. The second-order valence-corrected chi connectivity index (χ2v) is 4.41. The number of nitriles is 1. The molecule has 18 heavy (non-hydrogen) atoms. The molecule has 0 radical (unpaired) electrons. The third-order valence-corrected chi connectivity index (χ3v) is 2.65. The summed E-state index contributed by atoms with van der Waals surface area (Å²) in [5.74, 6) is 0.000575. The Morgan fingerprint density at radius 1 is 1.33 bits per heavy atom. The van der Waals surface area contributed by atoms with E-state index in [9.17, 15) is 4.39 Å². The molecular weight excluding hydrogens is 299 g/mol. The maximum atomic E-state index is 13.6. The van der Waals surface area contributed by atoms with Crippen molar-refractivity contribution in [1.82, 2.24) is 9.97 Å². The van der Waals surface area contributed by atoms with E-state index in [1.54, 1.807) is 24.5 Å². The van der Waals surface area contributed by atoms with Gasteiger partial charge in [0.25, 0.3) is 0 Å². The highest BCUT2D eigenvalue weighted by molar-refractivity contribution is 9.10. The molecule has 2 aromatic rings. The van der Waals surface area contributed by atoms with Crippen molar-refractivity contribution in [1.29, 1.82) is 5.26 Å². The van der Waals surface area contributed by atoms with E-state index in [2.05, 4.69) is 31.2 Å². The molecule has 1 aromatic carbocycles. The van der Waals surface area contributed by atoms with Gasteiger partial charge in [-0.15, -0.1) is 0 Å². The predicted octanol–water partition coefficient (Wildman–Crippen LogP) is 2.86. The first-order valence-corrected chi connectivity index (χ1v) is 5.88. The van der Waals surface area contributed by atoms with Gasteiger partial charge in [0.05, 0.1) is 16.1 Å². The van der Waals surface area contributed by atoms with Crippen molar-refractivity contribution in [3.05, 3.63) is 52.0 Å². The van der Waals surface area contributed by atoms with Crippen LogP contribution in [0, 0.1) is 17.1 Å². The first-order valence-electron chi connectivity index (χ1n) is 5.09. The number of nitrogens with zero attached hydrogens (tertiary/aromatic N) is 3. The fourth-order valence-electron chi connectivity index (χ4n) is 1.34. The van der Waals surface area contributed by atoms with Gasteiger partial charge in [-0.05, 0) is 28.1 Å². The van der Waals surface area contributed by atoms with Gasteiger partial charge in [0.1, 0.15) is 5.82 Å². The zero-order chi connectivity index (χ0) is 13.0. The van der Waals surface area contributed by atoms with E-state index in [1.807, 2.05) is 6.07 Å². The Hall–Kier alpha value is -2.00. The van der Waals surface area contributed by atoms with Crippen LogP contribution < -0.4 is 5.32 Å². The molecule has 1 heterocycles. The zero-order valence-corrected chi connectivity index (χ0v) is 10.8. The first-order chi connectivity index (χ1) is 8.69. The number of anilines is 1. The topological polar surface area (TPSA) is 61.6 Å². The highest BCUT2D eigenvalue weighted by atomic mass is 79.9. The number of hydrogen-bond acceptors (Lipinski definition) is 4. The molecule has 0 spiro atoms. The molecule has 2 rings (SSSR count). The van der Waals surface area contributed by atoms with Crippen LogP contribution in [-0.4, -0.2) is 9.97 Å². The summed E-state index contributed by atoms with van der Waals surface area (Å²) < 4.78 is 14.3. The number of rotatable bonds is 3. The zero-order valence-electron chi connectivity index (χ0n) is 9.19. The SMILES string of the molecule is N#Cc1ccc(CNc2ncc(Br)cn2)c(F)c1. The van der Waals surface area contributed by atoms with Crippen molar-refractivity contribution in [2.45, 2.75) is 6.54 Å². The third-order valence-electron chi connectivity index (χ3n) is 2.24. The molecule has 0 bridgehead atoms. The lowest BCUT2D eigenvalue weighted by atomic mass is 10.1. The van der Waals surface area contributed by atoms with E-state index >= 15 is 0 Å². The molecule has 90 valence electrons. The number of halogens is 2. The second-order valence-electron chi connectivity index (χ2n) is 3.50. The fourth-order valence-corrected chi connectivity index (χ4v) is 1.54. The summed E-state index contributed by atoms with van der Waals surface area (Å²) >= 11 is 3.23. The Balaban J connectivity index is 2.06. The monoisotopic (exact) mass is 306 g/mol. The summed E-state index contributed by atoms with van der Waals surface area (Å²) in [5.41, 5.74) is 0.761. The van der Waals surface area contributed by atoms with Gasteiger partial charge in [-0.1, -0.05) is 6.07 Å². The molecule has 0 saturated carbocycles. The van der Waals surface area contributed by atoms with Gasteiger partial charge >= 0.3 is 0 Å². The number of benzene rings is 1. The van der Waals surface area contributed by atoms with Crippen LogP contribution in [0.5, 0.6) is 0 Å². The maximum Gasteiger partial charge on any atom is 0.222 e. The van der Waals surface area contributed by atoms with E-state index in [0.717, 1.165) is 4.47 Å². The molecular formula is C12H8BrFN4. The lowest BCUT2D eigenvalue weighted by Gasteiger charge is -2.05. The Morgan fingerprint density at radius 3 is 2.67 bits per heavy atom. The summed E-state index contributed by atoms with van der Waals surface area (Å²) in [5, 5.41) is 11.5. The fraction of sp³-hybridized carbons (Fsp3) is 0.0833. The minimum atomic E-state index is -0.418. The van der Waals surface area contributed by atoms with Gasteiger partial charge in [-0.25, -0.2) is 14.4 Å². The van der Waals surface area contributed by atoms with E-state index < -0.39 is 5.82 Å². The molecule has 4 nitrogen and oxygen atoms in total. The molecule has 0 atom stereocenters. The number of nitrogens with one attached hydrogen (secondary N) is 1. The summed E-state index contributed by atoms with van der Waals surface area (Å²) in [6.07, 6.45) is 3.20. The summed E-state index contributed by atoms with van der Waals surface area (Å²) in [7, 11) is 0. The van der Waals surface area contributed by atoms with Crippen LogP contribution in [-0.2, 0) is 6.54 Å². The lowest BCUT2D eigenvalue weighted by molar-refractivity contribution is 0.612. The standard InChI is InChI=1S/C12H8BrFN4/c13-10-6-17-12(18-7-10)16-5-9-2-1-8(4-15)3-11(9)14/h1-3,6-7H,5H2,(H,16,17,18). The van der Waals surface area contributed by atoms with Crippen LogP contribution in [0.4, 0.5) is 10.3 Å². The van der Waals surface area contributed by atoms with Crippen molar-refractivity contribution < 1.29 is 4.39 Å². The van der Waals surface area contributed by atoms with Gasteiger partial charge in [-0.2, -0.15) is 5.26 Å². The van der Waals surface area contributed by atoms with Crippen molar-refractivity contribution in [3.63, 3.8) is 0 Å². The largest absolute Gasteiger partial charge is 0.350 e. The molecule has 0 unspecified atom stereocenters. The van der Waals surface area contributed by atoms with E-state index in [1.165, 1.54) is 6.07 Å². The smallest absolute Gasteiger partial charge is 0.222 e. The first kappa shape index (κ1) is 12.5. The number of hydrogen-bond donors (Lipinski definition) is 1. The van der Waals surface area contributed by atoms with Crippen molar-refractivity contribution in [2.24, 2.45) is 0 Å². The molecule has 1 aromatic heterocycles. The normalized spacial score (nSPS) is 9.83. The van der Waals surface area contributed by atoms with Crippen LogP contribution >= 0.6 is 15.9 Å². The van der Waals surface area contributed by atoms with Gasteiger partial charge in [0.15, 0.2) is 0 Å². The van der Waals surface area contributed by atoms with Crippen molar-refractivity contribution in [3.8, 4) is 6.07 Å². The highest BCUT2D eigenvalue weighted by Gasteiger charge is 2.04. The van der Waals surface area contributed by atoms with Crippen LogP contribution in [0.3, 0.4) is 0 Å². The minimum absolute atomic E-state index is 0.263. The summed E-state index contributed by atoms with van der Waals surface area (Å²) in [4.78, 5) is 8.03. The molecule has 0 aliphatic rings. The van der Waals surface area contributed by atoms with Crippen molar-refractivity contribution >= 4 is 21.9 Å². The molecule has 6 heteroatoms. The van der Waals surface area contributed by atoms with Gasteiger partial charge in [0.2, 0.25) is 5.95 Å². The maximum absolute atomic E-state index is 13.6. The van der Waals surface area contributed by atoms with Crippen LogP contribution in [0.25, 0.3) is 0 Å². The minimum Gasteiger partial charge on any atom is -0.350 e. The predicted molar refractivity (Wildman–Crippen MR) is 68.2 cm³/mol. The third kappa shape index (κ3) is 3.02. The van der Waals surface area contributed by atoms with Crippen LogP contribution in [0.15, 0.2) is 35.1 Å². The Kier molecular flexibility index (Phi) is 3.85. The Labute approximate surface area is 112 Å². The second kappa shape index (κ2) is 5.56. The average molecular weight is 307 g/mol. The quantitative estimate of drug-likeness (QED) is 0.947. The average Bonchev–Trinajstić information content (AvgIpc) is 2.39. The molecule has 1 N–H and O–H groups in total. The van der Waals surface area contributed by atoms with Crippen molar-refractivity contribution in [2.75, 3.05) is 5.32 Å². The molecule has 0 amide bonds.